The summed E-state index contributed by atoms with van der Waals surface area (Å²) in [5, 5.41) is 13.4. The molecule has 0 aliphatic rings. The van der Waals surface area contributed by atoms with Crippen molar-refractivity contribution in [1.82, 2.24) is 4.98 Å². The van der Waals surface area contributed by atoms with E-state index in [4.69, 9.17) is 16.7 Å². The maximum absolute atomic E-state index is 10.6. The molecule has 0 atom stereocenters. The van der Waals surface area contributed by atoms with Crippen LogP contribution < -0.4 is 5.32 Å². The molecule has 0 fully saturated rings. The van der Waals surface area contributed by atoms with Crippen molar-refractivity contribution in [2.75, 3.05) is 5.32 Å². The average molecular weight is 311 g/mol. The Hall–Kier alpha value is -1.59. The van der Waals surface area contributed by atoms with Crippen molar-refractivity contribution < 1.29 is 9.90 Å². The Bertz CT molecular complexity index is 640. The van der Waals surface area contributed by atoms with E-state index in [1.165, 1.54) is 11.3 Å². The minimum atomic E-state index is -0.794. The standard InChI is InChI=1S/C14H15ClN2O2S/c1-8-10(15)4-3-5-11(8)17-14-16-9(2)12(20-14)6-7-13(18)19/h3-5H,6-7H2,1-2H3,(H,16,17)(H,18,19). The highest BCUT2D eigenvalue weighted by Gasteiger charge is 2.10. The summed E-state index contributed by atoms with van der Waals surface area (Å²) in [6.07, 6.45) is 0.633. The zero-order chi connectivity index (χ0) is 14.7. The Morgan fingerprint density at radius 3 is 2.90 bits per heavy atom. The fraction of sp³-hybridized carbons (Fsp3) is 0.286. The molecular weight excluding hydrogens is 296 g/mol. The summed E-state index contributed by atoms with van der Waals surface area (Å²) >= 11 is 7.56. The molecule has 1 aromatic heterocycles. The molecule has 1 aromatic carbocycles. The molecule has 2 rings (SSSR count). The number of aryl methyl sites for hydroxylation is 2. The van der Waals surface area contributed by atoms with Crippen LogP contribution in [0.3, 0.4) is 0 Å². The molecule has 0 radical (unpaired) electrons. The third-order valence-corrected chi connectivity index (χ3v) is 4.51. The van der Waals surface area contributed by atoms with E-state index in [-0.39, 0.29) is 6.42 Å². The van der Waals surface area contributed by atoms with Crippen LogP contribution in [0.2, 0.25) is 5.02 Å². The maximum Gasteiger partial charge on any atom is 0.303 e. The molecule has 106 valence electrons. The Labute approximate surface area is 126 Å². The second-order valence-corrected chi connectivity index (χ2v) is 5.95. The Balaban J connectivity index is 2.16. The third-order valence-electron chi connectivity index (χ3n) is 2.97. The molecule has 0 aliphatic carbocycles. The summed E-state index contributed by atoms with van der Waals surface area (Å²) in [6.45, 7) is 3.83. The summed E-state index contributed by atoms with van der Waals surface area (Å²) < 4.78 is 0. The van der Waals surface area contributed by atoms with Crippen molar-refractivity contribution in [2.45, 2.75) is 26.7 Å². The van der Waals surface area contributed by atoms with Crippen molar-refractivity contribution >= 4 is 39.7 Å². The molecule has 0 saturated heterocycles. The van der Waals surface area contributed by atoms with Gasteiger partial charge in [-0.1, -0.05) is 17.7 Å². The van der Waals surface area contributed by atoms with E-state index < -0.39 is 5.97 Å². The predicted molar refractivity (Wildman–Crippen MR) is 82.3 cm³/mol. The topological polar surface area (TPSA) is 62.2 Å². The minimum Gasteiger partial charge on any atom is -0.481 e. The van der Waals surface area contributed by atoms with Gasteiger partial charge in [0.25, 0.3) is 0 Å². The highest BCUT2D eigenvalue weighted by Crippen LogP contribution is 2.30. The van der Waals surface area contributed by atoms with Gasteiger partial charge in [0.2, 0.25) is 0 Å². The lowest BCUT2D eigenvalue weighted by atomic mass is 10.2. The van der Waals surface area contributed by atoms with E-state index in [2.05, 4.69) is 10.3 Å². The van der Waals surface area contributed by atoms with E-state index >= 15 is 0 Å². The Morgan fingerprint density at radius 2 is 2.20 bits per heavy atom. The minimum absolute atomic E-state index is 0.124. The normalized spacial score (nSPS) is 10.6. The highest BCUT2D eigenvalue weighted by molar-refractivity contribution is 7.15. The molecule has 2 N–H and O–H groups in total. The number of nitrogens with one attached hydrogen (secondary N) is 1. The van der Waals surface area contributed by atoms with Crippen LogP contribution in [0.4, 0.5) is 10.8 Å². The number of halogens is 1. The first-order valence-corrected chi connectivity index (χ1v) is 7.37. The fourth-order valence-electron chi connectivity index (χ4n) is 1.79. The van der Waals surface area contributed by atoms with Crippen molar-refractivity contribution in [3.05, 3.63) is 39.4 Å². The number of aromatic nitrogens is 1. The summed E-state index contributed by atoms with van der Waals surface area (Å²) in [6, 6.07) is 5.66. The fourth-order valence-corrected chi connectivity index (χ4v) is 2.94. The Morgan fingerprint density at radius 1 is 1.45 bits per heavy atom. The number of anilines is 2. The molecule has 0 bridgehead atoms. The number of aliphatic carboxylic acids is 1. The molecule has 4 nitrogen and oxygen atoms in total. The van der Waals surface area contributed by atoms with Crippen LogP contribution in [-0.4, -0.2) is 16.1 Å². The SMILES string of the molecule is Cc1nc(Nc2cccc(Cl)c2C)sc1CCC(=O)O. The summed E-state index contributed by atoms with van der Waals surface area (Å²) in [7, 11) is 0. The van der Waals surface area contributed by atoms with Crippen LogP contribution in [0.5, 0.6) is 0 Å². The van der Waals surface area contributed by atoms with Crippen LogP contribution >= 0.6 is 22.9 Å². The monoisotopic (exact) mass is 310 g/mol. The number of nitrogens with zero attached hydrogens (tertiary/aromatic N) is 1. The van der Waals surface area contributed by atoms with Gasteiger partial charge in [-0.25, -0.2) is 4.98 Å². The predicted octanol–water partition coefficient (Wildman–Crippen LogP) is 4.17. The van der Waals surface area contributed by atoms with Crippen molar-refractivity contribution in [3.63, 3.8) is 0 Å². The van der Waals surface area contributed by atoms with Gasteiger partial charge in [-0.15, -0.1) is 11.3 Å². The van der Waals surface area contributed by atoms with E-state index in [1.54, 1.807) is 0 Å². The highest BCUT2D eigenvalue weighted by atomic mass is 35.5. The number of hydrogen-bond donors (Lipinski definition) is 2. The summed E-state index contributed by atoms with van der Waals surface area (Å²) in [5.41, 5.74) is 2.75. The first-order chi connectivity index (χ1) is 9.47. The van der Waals surface area contributed by atoms with Crippen LogP contribution in [0.1, 0.15) is 22.6 Å². The van der Waals surface area contributed by atoms with Gasteiger partial charge >= 0.3 is 5.97 Å². The number of carboxylic acids is 1. The molecule has 0 saturated carbocycles. The summed E-state index contributed by atoms with van der Waals surface area (Å²) in [5.74, 6) is -0.794. The lowest BCUT2D eigenvalue weighted by molar-refractivity contribution is -0.136. The molecule has 20 heavy (non-hydrogen) atoms. The third kappa shape index (κ3) is 3.49. The zero-order valence-electron chi connectivity index (χ0n) is 11.2. The lowest BCUT2D eigenvalue weighted by Gasteiger charge is -2.07. The van der Waals surface area contributed by atoms with Crippen molar-refractivity contribution in [1.29, 1.82) is 0 Å². The molecule has 0 amide bonds. The molecule has 2 aromatic rings. The Kier molecular flexibility index (Phi) is 4.62. The zero-order valence-corrected chi connectivity index (χ0v) is 12.8. The van der Waals surface area contributed by atoms with Gasteiger partial charge in [-0.3, -0.25) is 4.79 Å². The van der Waals surface area contributed by atoms with Crippen LogP contribution in [-0.2, 0) is 11.2 Å². The van der Waals surface area contributed by atoms with Gasteiger partial charge in [0.1, 0.15) is 0 Å². The van der Waals surface area contributed by atoms with Crippen molar-refractivity contribution in [3.8, 4) is 0 Å². The van der Waals surface area contributed by atoms with Gasteiger partial charge in [0, 0.05) is 15.6 Å². The molecule has 0 spiro atoms. The number of thiazole rings is 1. The molecular formula is C14H15ClN2O2S. The second kappa shape index (κ2) is 6.24. The van der Waals surface area contributed by atoms with Gasteiger partial charge in [-0.05, 0) is 38.0 Å². The first kappa shape index (κ1) is 14.8. The number of rotatable bonds is 5. The summed E-state index contributed by atoms with van der Waals surface area (Å²) in [4.78, 5) is 16.0. The first-order valence-electron chi connectivity index (χ1n) is 6.17. The lowest BCUT2D eigenvalue weighted by Crippen LogP contribution is -1.96. The van der Waals surface area contributed by atoms with Gasteiger partial charge in [0.15, 0.2) is 5.13 Å². The number of hydrogen-bond acceptors (Lipinski definition) is 4. The smallest absolute Gasteiger partial charge is 0.303 e. The van der Waals surface area contributed by atoms with E-state index in [9.17, 15) is 4.79 Å². The maximum atomic E-state index is 10.6. The molecule has 1 heterocycles. The quantitative estimate of drug-likeness (QED) is 0.870. The second-order valence-electron chi connectivity index (χ2n) is 4.46. The number of carboxylic acid groups (broad SMARTS) is 1. The number of carbonyl (C=O) groups is 1. The van der Waals surface area contributed by atoms with Crippen LogP contribution in [0, 0.1) is 13.8 Å². The molecule has 0 aliphatic heterocycles. The van der Waals surface area contributed by atoms with Gasteiger partial charge in [-0.2, -0.15) is 0 Å². The number of benzene rings is 1. The van der Waals surface area contributed by atoms with E-state index in [0.717, 1.165) is 27.0 Å². The van der Waals surface area contributed by atoms with Crippen molar-refractivity contribution in [2.24, 2.45) is 0 Å². The van der Waals surface area contributed by atoms with E-state index in [1.807, 2.05) is 32.0 Å². The largest absolute Gasteiger partial charge is 0.481 e. The molecule has 6 heteroatoms. The molecule has 0 unspecified atom stereocenters. The van der Waals surface area contributed by atoms with Gasteiger partial charge < -0.3 is 10.4 Å². The van der Waals surface area contributed by atoms with Crippen LogP contribution in [0.25, 0.3) is 0 Å². The van der Waals surface area contributed by atoms with Crippen LogP contribution in [0.15, 0.2) is 18.2 Å². The van der Waals surface area contributed by atoms with Gasteiger partial charge in [0.05, 0.1) is 12.1 Å². The van der Waals surface area contributed by atoms with E-state index in [0.29, 0.717) is 11.4 Å². The average Bonchev–Trinajstić information content (AvgIpc) is 2.73.